The summed E-state index contributed by atoms with van der Waals surface area (Å²) in [4.78, 5) is 20.7. The van der Waals surface area contributed by atoms with E-state index in [0.717, 1.165) is 22.3 Å². The Morgan fingerprint density at radius 2 is 1.35 bits per heavy atom. The van der Waals surface area contributed by atoms with Crippen LogP contribution in [0.5, 0.6) is 0 Å². The Bertz CT molecular complexity index is 1020. The highest BCUT2D eigenvalue weighted by Crippen LogP contribution is 2.29. The van der Waals surface area contributed by atoms with E-state index < -0.39 is 0 Å². The maximum absolute atomic E-state index is 11.3. The molecule has 2 heterocycles. The molecule has 0 fully saturated rings. The summed E-state index contributed by atoms with van der Waals surface area (Å²) in [5, 5.41) is 6.55. The van der Waals surface area contributed by atoms with E-state index in [2.05, 4.69) is 10.2 Å². The number of aromatic amines is 1. The molecule has 4 aromatic rings. The normalized spacial score (nSPS) is 10.8. The van der Waals surface area contributed by atoms with Crippen molar-refractivity contribution in [2.75, 3.05) is 0 Å². The molecule has 110 valence electrons. The van der Waals surface area contributed by atoms with Crippen molar-refractivity contribution in [2.24, 2.45) is 0 Å². The Morgan fingerprint density at radius 3 is 2.00 bits per heavy atom. The molecule has 0 unspecified atom stereocenters. The van der Waals surface area contributed by atoms with E-state index in [1.54, 1.807) is 6.07 Å². The predicted molar refractivity (Wildman–Crippen MR) is 88.8 cm³/mol. The van der Waals surface area contributed by atoms with E-state index in [0.29, 0.717) is 11.4 Å². The van der Waals surface area contributed by atoms with Gasteiger partial charge in [0, 0.05) is 11.6 Å². The first-order valence-corrected chi connectivity index (χ1v) is 7.19. The summed E-state index contributed by atoms with van der Waals surface area (Å²) in [6, 6.07) is 20.6. The molecule has 4 rings (SSSR count). The zero-order valence-electron chi connectivity index (χ0n) is 12.1. The van der Waals surface area contributed by atoms with Crippen molar-refractivity contribution < 1.29 is 0 Å². The summed E-state index contributed by atoms with van der Waals surface area (Å²) in [5.41, 5.74) is 4.28. The Balaban J connectivity index is 2.04. The quantitative estimate of drug-likeness (QED) is 0.617. The van der Waals surface area contributed by atoms with Gasteiger partial charge in [0.05, 0.1) is 16.7 Å². The SMILES string of the molecule is O=c1ccc(-c2nc3ccccc3nc2-c2ccccc2)n[nH]1. The molecule has 1 N–H and O–H groups in total. The molecule has 23 heavy (non-hydrogen) atoms. The fourth-order valence-electron chi connectivity index (χ4n) is 2.45. The predicted octanol–water partition coefficient (Wildman–Crippen LogP) is 3.05. The fourth-order valence-corrected chi connectivity index (χ4v) is 2.45. The van der Waals surface area contributed by atoms with Gasteiger partial charge in [0.25, 0.3) is 5.56 Å². The van der Waals surface area contributed by atoms with Crippen LogP contribution in [0, 0.1) is 0 Å². The largest absolute Gasteiger partial charge is 0.268 e. The lowest BCUT2D eigenvalue weighted by atomic mass is 10.1. The van der Waals surface area contributed by atoms with Gasteiger partial charge in [-0.25, -0.2) is 15.1 Å². The van der Waals surface area contributed by atoms with Gasteiger partial charge < -0.3 is 0 Å². The van der Waals surface area contributed by atoms with Crippen molar-refractivity contribution in [1.82, 2.24) is 20.2 Å². The van der Waals surface area contributed by atoms with Crippen LogP contribution in [-0.4, -0.2) is 20.2 Å². The minimum atomic E-state index is -0.247. The highest BCUT2D eigenvalue weighted by molar-refractivity contribution is 5.85. The average Bonchev–Trinajstić information content (AvgIpc) is 2.62. The molecule has 5 nitrogen and oxygen atoms in total. The maximum atomic E-state index is 11.3. The molecule has 0 saturated heterocycles. The summed E-state index contributed by atoms with van der Waals surface area (Å²) in [6.07, 6.45) is 0. The van der Waals surface area contributed by atoms with E-state index in [1.807, 2.05) is 54.6 Å². The first-order valence-electron chi connectivity index (χ1n) is 7.19. The minimum Gasteiger partial charge on any atom is -0.268 e. The van der Waals surface area contributed by atoms with Gasteiger partial charge in [-0.2, -0.15) is 5.10 Å². The second-order valence-electron chi connectivity index (χ2n) is 5.08. The molecular weight excluding hydrogens is 288 g/mol. The van der Waals surface area contributed by atoms with Crippen molar-refractivity contribution in [3.8, 4) is 22.6 Å². The smallest absolute Gasteiger partial charge is 0.264 e. The first kappa shape index (κ1) is 13.3. The summed E-state index contributed by atoms with van der Waals surface area (Å²) in [5.74, 6) is 0. The number of hydrogen-bond donors (Lipinski definition) is 1. The second kappa shape index (κ2) is 5.46. The molecule has 0 aliphatic rings. The van der Waals surface area contributed by atoms with Crippen LogP contribution >= 0.6 is 0 Å². The molecule has 0 spiro atoms. The van der Waals surface area contributed by atoms with Gasteiger partial charge in [-0.15, -0.1) is 0 Å². The van der Waals surface area contributed by atoms with E-state index in [1.165, 1.54) is 6.07 Å². The lowest BCUT2D eigenvalue weighted by Gasteiger charge is -2.09. The van der Waals surface area contributed by atoms with E-state index in [4.69, 9.17) is 9.97 Å². The molecule has 2 aromatic heterocycles. The molecule has 0 radical (unpaired) electrons. The van der Waals surface area contributed by atoms with Crippen LogP contribution in [0.25, 0.3) is 33.7 Å². The van der Waals surface area contributed by atoms with Crippen molar-refractivity contribution >= 4 is 11.0 Å². The number of benzene rings is 2. The lowest BCUT2D eigenvalue weighted by molar-refractivity contribution is 0.989. The standard InChI is InChI=1S/C18H12N4O/c23-16-11-10-15(21-22-16)18-17(12-6-2-1-3-7-12)19-13-8-4-5-9-14(13)20-18/h1-11H,(H,22,23). The second-order valence-corrected chi connectivity index (χ2v) is 5.08. The third kappa shape index (κ3) is 2.48. The number of hydrogen-bond acceptors (Lipinski definition) is 4. The van der Waals surface area contributed by atoms with Gasteiger partial charge in [0.1, 0.15) is 11.4 Å². The number of rotatable bonds is 2. The van der Waals surface area contributed by atoms with Crippen LogP contribution in [0.3, 0.4) is 0 Å². The molecule has 0 amide bonds. The topological polar surface area (TPSA) is 71.5 Å². The number of H-pyrrole nitrogens is 1. The summed E-state index contributed by atoms with van der Waals surface area (Å²) in [7, 11) is 0. The van der Waals surface area contributed by atoms with Gasteiger partial charge in [-0.1, -0.05) is 42.5 Å². The van der Waals surface area contributed by atoms with Crippen LogP contribution in [0.1, 0.15) is 0 Å². The van der Waals surface area contributed by atoms with Crippen LogP contribution < -0.4 is 5.56 Å². The third-order valence-electron chi connectivity index (χ3n) is 3.54. The van der Waals surface area contributed by atoms with Crippen molar-refractivity contribution in [3.05, 3.63) is 77.1 Å². The Hall–Kier alpha value is -3.34. The van der Waals surface area contributed by atoms with Gasteiger partial charge in [0.2, 0.25) is 0 Å². The minimum absolute atomic E-state index is 0.247. The molecule has 0 saturated carbocycles. The van der Waals surface area contributed by atoms with Gasteiger partial charge in [-0.05, 0) is 18.2 Å². The molecular formula is C18H12N4O. The van der Waals surface area contributed by atoms with E-state index in [-0.39, 0.29) is 5.56 Å². The Labute approximate surface area is 131 Å². The van der Waals surface area contributed by atoms with E-state index >= 15 is 0 Å². The maximum Gasteiger partial charge on any atom is 0.264 e. The fraction of sp³-hybridized carbons (Fsp3) is 0. The number of nitrogens with zero attached hydrogens (tertiary/aromatic N) is 3. The van der Waals surface area contributed by atoms with Gasteiger partial charge >= 0.3 is 0 Å². The highest BCUT2D eigenvalue weighted by atomic mass is 16.1. The molecule has 0 aliphatic heterocycles. The summed E-state index contributed by atoms with van der Waals surface area (Å²) >= 11 is 0. The summed E-state index contributed by atoms with van der Waals surface area (Å²) in [6.45, 7) is 0. The number of nitrogens with one attached hydrogen (secondary N) is 1. The number of fused-ring (bicyclic) bond motifs is 1. The van der Waals surface area contributed by atoms with Gasteiger partial charge in [0.15, 0.2) is 0 Å². The number of para-hydroxylation sites is 2. The van der Waals surface area contributed by atoms with Crippen LogP contribution in [0.15, 0.2) is 71.5 Å². The van der Waals surface area contributed by atoms with E-state index in [9.17, 15) is 4.79 Å². The lowest BCUT2D eigenvalue weighted by Crippen LogP contribution is -2.07. The Morgan fingerprint density at radius 1 is 0.696 bits per heavy atom. The van der Waals surface area contributed by atoms with Crippen molar-refractivity contribution in [1.29, 1.82) is 0 Å². The zero-order valence-corrected chi connectivity index (χ0v) is 12.1. The van der Waals surface area contributed by atoms with Crippen molar-refractivity contribution in [2.45, 2.75) is 0 Å². The monoisotopic (exact) mass is 300 g/mol. The summed E-state index contributed by atoms with van der Waals surface area (Å²) < 4.78 is 0. The molecule has 0 bridgehead atoms. The van der Waals surface area contributed by atoms with Crippen LogP contribution in [0.2, 0.25) is 0 Å². The molecule has 0 atom stereocenters. The third-order valence-corrected chi connectivity index (χ3v) is 3.54. The van der Waals surface area contributed by atoms with Crippen LogP contribution in [0.4, 0.5) is 0 Å². The zero-order chi connectivity index (χ0) is 15.6. The van der Waals surface area contributed by atoms with Crippen LogP contribution in [-0.2, 0) is 0 Å². The molecule has 2 aromatic carbocycles. The first-order chi connectivity index (χ1) is 11.3. The molecule has 0 aliphatic carbocycles. The highest BCUT2D eigenvalue weighted by Gasteiger charge is 2.14. The molecule has 5 heteroatoms. The number of aromatic nitrogens is 4. The van der Waals surface area contributed by atoms with Crippen molar-refractivity contribution in [3.63, 3.8) is 0 Å². The van der Waals surface area contributed by atoms with Gasteiger partial charge in [-0.3, -0.25) is 4.79 Å². The average molecular weight is 300 g/mol. The Kier molecular flexibility index (Phi) is 3.16.